The van der Waals surface area contributed by atoms with Crippen LogP contribution >= 0.6 is 7.60 Å². The first-order valence-corrected chi connectivity index (χ1v) is 8.05. The van der Waals surface area contributed by atoms with Gasteiger partial charge in [0.05, 0.1) is 26.0 Å². The Kier molecular flexibility index (Phi) is 6.80. The van der Waals surface area contributed by atoms with Gasteiger partial charge in [-0.25, -0.2) is 0 Å². The van der Waals surface area contributed by atoms with Crippen molar-refractivity contribution in [3.8, 4) is 0 Å². The third kappa shape index (κ3) is 5.66. The van der Waals surface area contributed by atoms with Crippen LogP contribution in [0.1, 0.15) is 13.8 Å². The molecule has 0 fully saturated rings. The Morgan fingerprint density at radius 3 is 1.89 bits per heavy atom. The number of alkyl halides is 3. The Bertz CT molecular complexity index is 382. The summed E-state index contributed by atoms with van der Waals surface area (Å²) in [4.78, 5) is 0. The fourth-order valence-electron chi connectivity index (χ4n) is 0.885. The predicted octanol–water partition coefficient (Wildman–Crippen LogP) is 2.12. The van der Waals surface area contributed by atoms with Gasteiger partial charge in [0, 0.05) is 0 Å². The minimum Gasteiger partial charge on any atom is -0.309 e. The molecule has 0 rings (SSSR count). The van der Waals surface area contributed by atoms with E-state index in [9.17, 15) is 26.2 Å². The highest BCUT2D eigenvalue weighted by Crippen LogP contribution is 2.47. The van der Waals surface area contributed by atoms with Crippen molar-refractivity contribution in [2.24, 2.45) is 0 Å². The largest absolute Gasteiger partial charge is 0.523 e. The minimum absolute atomic E-state index is 0.0172. The van der Waals surface area contributed by atoms with Gasteiger partial charge in [-0.2, -0.15) is 21.6 Å². The van der Waals surface area contributed by atoms with Gasteiger partial charge in [0.15, 0.2) is 0 Å². The lowest BCUT2D eigenvalue weighted by Gasteiger charge is -2.16. The van der Waals surface area contributed by atoms with Crippen LogP contribution in [0.15, 0.2) is 0 Å². The first-order valence-electron chi connectivity index (χ1n) is 4.92. The van der Waals surface area contributed by atoms with Crippen molar-refractivity contribution in [1.29, 1.82) is 0 Å². The van der Waals surface area contributed by atoms with Crippen molar-refractivity contribution in [1.82, 2.24) is 0 Å². The van der Waals surface area contributed by atoms with Crippen LogP contribution in [0.5, 0.6) is 0 Å². The van der Waals surface area contributed by atoms with Crippen LogP contribution in [-0.2, 0) is 27.9 Å². The lowest BCUT2D eigenvalue weighted by atomic mass is 10.9. The van der Waals surface area contributed by atoms with Crippen LogP contribution in [0.2, 0.25) is 0 Å². The zero-order valence-corrected chi connectivity index (χ0v) is 11.5. The molecule has 0 aromatic rings. The second-order valence-corrected chi connectivity index (χ2v) is 6.68. The van der Waals surface area contributed by atoms with Crippen molar-refractivity contribution in [3.63, 3.8) is 0 Å². The molecule has 0 atom stereocenters. The molecular weight excluding hydrogens is 300 g/mol. The average molecular weight is 314 g/mol. The fraction of sp³-hybridized carbons (Fsp3) is 1.00. The standard InChI is InChI=1S/C7H14F3O6PS/c1-3-14-17(11,15-4-2)6-5-16-18(12,13)7(8,9)10/h3-6H2,1-2H3. The molecule has 0 unspecified atom stereocenters. The molecule has 0 aliphatic carbocycles. The quantitative estimate of drug-likeness (QED) is 0.388. The van der Waals surface area contributed by atoms with Crippen molar-refractivity contribution in [2.75, 3.05) is 26.0 Å². The second-order valence-electron chi connectivity index (χ2n) is 2.89. The maximum absolute atomic E-state index is 11.9. The topological polar surface area (TPSA) is 78.9 Å². The highest BCUT2D eigenvalue weighted by atomic mass is 32.2. The molecule has 0 saturated carbocycles. The molecule has 0 aromatic heterocycles. The van der Waals surface area contributed by atoms with Gasteiger partial charge in [-0.15, -0.1) is 0 Å². The molecule has 0 aliphatic heterocycles. The van der Waals surface area contributed by atoms with E-state index in [1.807, 2.05) is 0 Å². The number of halogens is 3. The van der Waals surface area contributed by atoms with E-state index in [0.29, 0.717) is 0 Å². The van der Waals surface area contributed by atoms with Crippen molar-refractivity contribution in [2.45, 2.75) is 19.4 Å². The zero-order valence-electron chi connectivity index (χ0n) is 9.77. The van der Waals surface area contributed by atoms with Crippen LogP contribution in [-0.4, -0.2) is 39.9 Å². The van der Waals surface area contributed by atoms with Gasteiger partial charge < -0.3 is 9.05 Å². The first kappa shape index (κ1) is 17.8. The van der Waals surface area contributed by atoms with E-state index in [-0.39, 0.29) is 13.2 Å². The summed E-state index contributed by atoms with van der Waals surface area (Å²) in [5, 5.41) is 0. The first-order chi connectivity index (χ1) is 8.08. The van der Waals surface area contributed by atoms with Gasteiger partial charge >= 0.3 is 23.2 Å². The molecule has 0 radical (unpaired) electrons. The van der Waals surface area contributed by atoms with Crippen molar-refractivity contribution >= 4 is 17.7 Å². The van der Waals surface area contributed by atoms with E-state index >= 15 is 0 Å². The molecule has 18 heavy (non-hydrogen) atoms. The molecule has 0 aromatic carbocycles. The van der Waals surface area contributed by atoms with Gasteiger partial charge in [0.2, 0.25) is 0 Å². The summed E-state index contributed by atoms with van der Waals surface area (Å²) in [6, 6.07) is 0. The third-order valence-electron chi connectivity index (χ3n) is 1.54. The van der Waals surface area contributed by atoms with Gasteiger partial charge in [-0.3, -0.25) is 8.75 Å². The Balaban J connectivity index is 4.45. The van der Waals surface area contributed by atoms with Crippen LogP contribution in [0, 0.1) is 0 Å². The lowest BCUT2D eigenvalue weighted by molar-refractivity contribution is -0.0539. The predicted molar refractivity (Wildman–Crippen MR) is 56.7 cm³/mol. The maximum atomic E-state index is 11.9. The molecule has 0 heterocycles. The van der Waals surface area contributed by atoms with Gasteiger partial charge in [0.25, 0.3) is 0 Å². The summed E-state index contributed by atoms with van der Waals surface area (Å²) in [5.74, 6) is 0. The minimum atomic E-state index is -5.68. The maximum Gasteiger partial charge on any atom is 0.523 e. The third-order valence-corrected chi connectivity index (χ3v) is 4.62. The number of hydrogen-bond donors (Lipinski definition) is 0. The molecular formula is C7H14F3O6PS. The summed E-state index contributed by atoms with van der Waals surface area (Å²) in [5.41, 5.74) is -5.51. The van der Waals surface area contributed by atoms with E-state index in [2.05, 4.69) is 4.18 Å². The molecule has 6 nitrogen and oxygen atoms in total. The van der Waals surface area contributed by atoms with Crippen LogP contribution in [0.3, 0.4) is 0 Å². The van der Waals surface area contributed by atoms with Crippen LogP contribution in [0.4, 0.5) is 13.2 Å². The second kappa shape index (κ2) is 6.85. The Morgan fingerprint density at radius 2 is 1.56 bits per heavy atom. The molecule has 0 N–H and O–H groups in total. The molecule has 0 aliphatic rings. The Morgan fingerprint density at radius 1 is 1.11 bits per heavy atom. The van der Waals surface area contributed by atoms with Gasteiger partial charge in [-0.1, -0.05) is 0 Å². The highest BCUT2D eigenvalue weighted by Gasteiger charge is 2.47. The molecule has 0 bridgehead atoms. The Labute approximate surface area is 103 Å². The van der Waals surface area contributed by atoms with Gasteiger partial charge in [0.1, 0.15) is 0 Å². The monoisotopic (exact) mass is 314 g/mol. The highest BCUT2D eigenvalue weighted by molar-refractivity contribution is 7.87. The van der Waals surface area contributed by atoms with E-state index in [4.69, 9.17) is 9.05 Å². The zero-order chi connectivity index (χ0) is 14.4. The lowest BCUT2D eigenvalue weighted by Crippen LogP contribution is -2.26. The molecule has 0 saturated heterocycles. The van der Waals surface area contributed by atoms with E-state index in [0.717, 1.165) is 0 Å². The van der Waals surface area contributed by atoms with E-state index in [1.54, 1.807) is 0 Å². The van der Waals surface area contributed by atoms with E-state index in [1.165, 1.54) is 13.8 Å². The van der Waals surface area contributed by atoms with Crippen molar-refractivity contribution in [3.05, 3.63) is 0 Å². The SMILES string of the molecule is CCOP(=O)(CCOS(=O)(=O)C(F)(F)F)OCC. The number of hydrogen-bond acceptors (Lipinski definition) is 6. The normalized spacial score (nSPS) is 13.8. The summed E-state index contributed by atoms with van der Waals surface area (Å²) in [6.45, 7) is 2.13. The van der Waals surface area contributed by atoms with Crippen molar-refractivity contribution < 1.29 is 39.4 Å². The smallest absolute Gasteiger partial charge is 0.309 e. The van der Waals surface area contributed by atoms with Gasteiger partial charge in [-0.05, 0) is 13.8 Å². The average Bonchev–Trinajstić information content (AvgIpc) is 2.15. The molecule has 0 spiro atoms. The summed E-state index contributed by atoms with van der Waals surface area (Å²) in [6.07, 6.45) is -0.579. The molecule has 11 heteroatoms. The molecule has 110 valence electrons. The van der Waals surface area contributed by atoms with E-state index < -0.39 is 36.0 Å². The number of rotatable bonds is 8. The summed E-state index contributed by atoms with van der Waals surface area (Å²) < 4.78 is 81.7. The fourth-order valence-corrected chi connectivity index (χ4v) is 2.88. The summed E-state index contributed by atoms with van der Waals surface area (Å²) >= 11 is 0. The van der Waals surface area contributed by atoms with Crippen LogP contribution < -0.4 is 0 Å². The molecule has 0 amide bonds. The Hall–Kier alpha value is -0.150. The summed E-state index contributed by atoms with van der Waals surface area (Å²) in [7, 11) is -9.30. The van der Waals surface area contributed by atoms with Crippen LogP contribution in [0.25, 0.3) is 0 Å².